The topological polar surface area (TPSA) is 46.6 Å². The van der Waals surface area contributed by atoms with E-state index in [2.05, 4.69) is 0 Å². The first-order chi connectivity index (χ1) is 11.5. The molecule has 0 N–H and O–H groups in total. The van der Waals surface area contributed by atoms with E-state index in [1.165, 1.54) is 16.7 Å². The van der Waals surface area contributed by atoms with Crippen LogP contribution in [0.25, 0.3) is 6.08 Å². The number of rotatable bonds is 7. The maximum atomic E-state index is 12.5. The Balaban J connectivity index is 1.97. The number of carbonyl (C=O) groups excluding carboxylic acids is 2. The number of hydrogen-bond acceptors (Lipinski definition) is 5. The first kappa shape index (κ1) is 19.0. The van der Waals surface area contributed by atoms with Crippen molar-refractivity contribution in [2.75, 3.05) is 13.2 Å². The molecule has 7 heteroatoms. The molecule has 24 heavy (non-hydrogen) atoms. The summed E-state index contributed by atoms with van der Waals surface area (Å²) in [7, 11) is 0. The van der Waals surface area contributed by atoms with E-state index in [4.69, 9.17) is 28.6 Å². The fourth-order valence-electron chi connectivity index (χ4n) is 2.03. The fraction of sp³-hybridized carbons (Fsp3) is 0.353. The monoisotopic (exact) mass is 383 g/mol. The molecule has 1 aromatic carbocycles. The third kappa shape index (κ3) is 5.06. The number of thiocarbonyl (C=S) groups is 1. The number of unbranched alkanes of at least 4 members (excludes halogenated alkanes) is 1. The summed E-state index contributed by atoms with van der Waals surface area (Å²) in [5.74, 6) is -0.515. The van der Waals surface area contributed by atoms with Gasteiger partial charge in [-0.25, -0.2) is 0 Å². The summed E-state index contributed by atoms with van der Waals surface area (Å²) in [5, 5.41) is 0.572. The molecule has 0 bridgehead atoms. The standard InChI is InChI=1S/C17H18ClNO3S2/c1-2-3-10-22-15(20)8-9-19-16(21)14(24-17(19)23)11-12-6-4-5-7-13(12)18/h4-7,11H,2-3,8-10H2,1H3/b14-11+. The number of thioether (sulfide) groups is 1. The molecule has 0 radical (unpaired) electrons. The highest BCUT2D eigenvalue weighted by atomic mass is 35.5. The van der Waals surface area contributed by atoms with Crippen molar-refractivity contribution in [3.8, 4) is 0 Å². The molecule has 0 aliphatic carbocycles. The minimum absolute atomic E-state index is 0.134. The smallest absolute Gasteiger partial charge is 0.307 e. The van der Waals surface area contributed by atoms with Gasteiger partial charge in [0.1, 0.15) is 4.32 Å². The van der Waals surface area contributed by atoms with Crippen molar-refractivity contribution >= 4 is 57.9 Å². The number of amides is 1. The van der Waals surface area contributed by atoms with E-state index >= 15 is 0 Å². The Hall–Kier alpha value is -1.37. The summed E-state index contributed by atoms with van der Waals surface area (Å²) in [4.78, 5) is 26.1. The molecule has 1 amide bonds. The molecule has 1 aliphatic heterocycles. The maximum absolute atomic E-state index is 12.5. The van der Waals surface area contributed by atoms with Gasteiger partial charge in [0.15, 0.2) is 0 Å². The molecule has 1 aliphatic rings. The minimum atomic E-state index is -0.312. The van der Waals surface area contributed by atoms with Gasteiger partial charge in [-0.1, -0.05) is 67.1 Å². The van der Waals surface area contributed by atoms with Gasteiger partial charge in [0.05, 0.1) is 17.9 Å². The van der Waals surface area contributed by atoms with Crippen molar-refractivity contribution in [2.45, 2.75) is 26.2 Å². The number of hydrogen-bond donors (Lipinski definition) is 0. The Morgan fingerprint density at radius 1 is 1.42 bits per heavy atom. The molecule has 0 saturated carbocycles. The van der Waals surface area contributed by atoms with Crippen LogP contribution in [0, 0.1) is 0 Å². The van der Waals surface area contributed by atoms with Crippen LogP contribution in [0.5, 0.6) is 0 Å². The van der Waals surface area contributed by atoms with Crippen LogP contribution in [0.2, 0.25) is 5.02 Å². The van der Waals surface area contributed by atoms with E-state index in [-0.39, 0.29) is 24.8 Å². The Labute approximate surface area is 156 Å². The lowest BCUT2D eigenvalue weighted by Gasteiger charge is -2.13. The Kier molecular flexibility index (Phi) is 7.27. The van der Waals surface area contributed by atoms with Crippen LogP contribution in [0.15, 0.2) is 29.2 Å². The molecule has 0 atom stereocenters. The van der Waals surface area contributed by atoms with Gasteiger partial charge in [0, 0.05) is 11.6 Å². The zero-order chi connectivity index (χ0) is 17.5. The van der Waals surface area contributed by atoms with Crippen LogP contribution in [0.3, 0.4) is 0 Å². The summed E-state index contributed by atoms with van der Waals surface area (Å²) in [6, 6.07) is 7.28. The highest BCUT2D eigenvalue weighted by molar-refractivity contribution is 8.26. The van der Waals surface area contributed by atoms with Gasteiger partial charge in [0.25, 0.3) is 5.91 Å². The summed E-state index contributed by atoms with van der Waals surface area (Å²) >= 11 is 12.6. The molecular weight excluding hydrogens is 366 g/mol. The lowest BCUT2D eigenvalue weighted by Crippen LogP contribution is -2.30. The van der Waals surface area contributed by atoms with Crippen LogP contribution in [-0.4, -0.2) is 34.2 Å². The van der Waals surface area contributed by atoms with Crippen LogP contribution in [-0.2, 0) is 14.3 Å². The zero-order valence-electron chi connectivity index (χ0n) is 13.3. The molecule has 1 saturated heterocycles. The number of carbonyl (C=O) groups is 2. The highest BCUT2D eigenvalue weighted by Gasteiger charge is 2.32. The Morgan fingerprint density at radius 3 is 2.88 bits per heavy atom. The first-order valence-corrected chi connectivity index (χ1v) is 9.28. The summed E-state index contributed by atoms with van der Waals surface area (Å²) in [5.41, 5.74) is 0.763. The van der Waals surface area contributed by atoms with Gasteiger partial charge >= 0.3 is 5.97 Å². The lowest BCUT2D eigenvalue weighted by molar-refractivity contribution is -0.144. The Morgan fingerprint density at radius 2 is 2.17 bits per heavy atom. The lowest BCUT2D eigenvalue weighted by atomic mass is 10.2. The predicted molar refractivity (Wildman–Crippen MR) is 102 cm³/mol. The molecule has 1 fully saturated rings. The molecule has 4 nitrogen and oxygen atoms in total. The number of nitrogens with zero attached hydrogens (tertiary/aromatic N) is 1. The molecule has 1 aromatic rings. The van der Waals surface area contributed by atoms with Crippen LogP contribution < -0.4 is 0 Å². The molecule has 2 rings (SSSR count). The summed E-state index contributed by atoms with van der Waals surface area (Å²) in [6.07, 6.45) is 3.67. The minimum Gasteiger partial charge on any atom is -0.466 e. The number of esters is 1. The average molecular weight is 384 g/mol. The molecule has 0 unspecified atom stereocenters. The highest BCUT2D eigenvalue weighted by Crippen LogP contribution is 2.33. The second kappa shape index (κ2) is 9.20. The van der Waals surface area contributed by atoms with Gasteiger partial charge in [-0.3, -0.25) is 14.5 Å². The van der Waals surface area contributed by atoms with E-state index in [1.54, 1.807) is 12.1 Å². The number of benzene rings is 1. The third-order valence-electron chi connectivity index (χ3n) is 3.37. The van der Waals surface area contributed by atoms with E-state index < -0.39 is 0 Å². The van der Waals surface area contributed by atoms with E-state index in [0.717, 1.165) is 18.4 Å². The second-order valence-corrected chi connectivity index (χ2v) is 7.26. The third-order valence-corrected chi connectivity index (χ3v) is 5.09. The summed E-state index contributed by atoms with van der Waals surface area (Å²) in [6.45, 7) is 2.68. The van der Waals surface area contributed by atoms with Gasteiger partial charge in [-0.05, 0) is 24.1 Å². The van der Waals surface area contributed by atoms with Crippen molar-refractivity contribution < 1.29 is 14.3 Å². The molecular formula is C17H18ClNO3S2. The first-order valence-electron chi connectivity index (χ1n) is 7.68. The van der Waals surface area contributed by atoms with Gasteiger partial charge in [-0.2, -0.15) is 0 Å². The quantitative estimate of drug-likeness (QED) is 0.304. The summed E-state index contributed by atoms with van der Waals surface area (Å²) < 4.78 is 5.54. The average Bonchev–Trinajstić information content (AvgIpc) is 2.82. The number of halogens is 1. The van der Waals surface area contributed by atoms with Crippen molar-refractivity contribution in [1.29, 1.82) is 0 Å². The molecule has 1 heterocycles. The molecule has 128 valence electrons. The second-order valence-electron chi connectivity index (χ2n) is 5.18. The fourth-order valence-corrected chi connectivity index (χ4v) is 3.52. The van der Waals surface area contributed by atoms with Crippen molar-refractivity contribution in [1.82, 2.24) is 4.90 Å². The van der Waals surface area contributed by atoms with Gasteiger partial charge < -0.3 is 4.74 Å². The van der Waals surface area contributed by atoms with Gasteiger partial charge in [-0.15, -0.1) is 0 Å². The van der Waals surface area contributed by atoms with Crippen LogP contribution >= 0.6 is 35.6 Å². The van der Waals surface area contributed by atoms with Gasteiger partial charge in [0.2, 0.25) is 0 Å². The molecule has 0 aromatic heterocycles. The van der Waals surface area contributed by atoms with E-state index in [0.29, 0.717) is 20.9 Å². The predicted octanol–water partition coefficient (Wildman–Crippen LogP) is 4.27. The Bertz CT molecular complexity index is 676. The van der Waals surface area contributed by atoms with Crippen LogP contribution in [0.4, 0.5) is 0 Å². The largest absolute Gasteiger partial charge is 0.466 e. The molecule has 0 spiro atoms. The van der Waals surface area contributed by atoms with E-state index in [9.17, 15) is 9.59 Å². The van der Waals surface area contributed by atoms with Crippen molar-refractivity contribution in [3.05, 3.63) is 39.8 Å². The van der Waals surface area contributed by atoms with E-state index in [1.807, 2.05) is 25.1 Å². The SMILES string of the molecule is CCCCOC(=O)CCN1C(=O)/C(=C\c2ccccc2Cl)SC1=S. The van der Waals surface area contributed by atoms with Crippen molar-refractivity contribution in [3.63, 3.8) is 0 Å². The van der Waals surface area contributed by atoms with Crippen molar-refractivity contribution in [2.24, 2.45) is 0 Å². The normalized spacial score (nSPS) is 16.1. The van der Waals surface area contributed by atoms with Crippen LogP contribution in [0.1, 0.15) is 31.7 Å². The zero-order valence-corrected chi connectivity index (χ0v) is 15.7. The number of ether oxygens (including phenoxy) is 1. The maximum Gasteiger partial charge on any atom is 0.307 e.